The van der Waals surface area contributed by atoms with Gasteiger partial charge in [-0.2, -0.15) is 0 Å². The van der Waals surface area contributed by atoms with E-state index in [2.05, 4.69) is 0 Å². The fourth-order valence-corrected chi connectivity index (χ4v) is 4.09. The van der Waals surface area contributed by atoms with Gasteiger partial charge in [0.05, 0.1) is 15.8 Å². The van der Waals surface area contributed by atoms with E-state index in [4.69, 9.17) is 22.3 Å². The Morgan fingerprint density at radius 2 is 1.89 bits per heavy atom. The van der Waals surface area contributed by atoms with Crippen molar-refractivity contribution in [1.82, 2.24) is 4.98 Å². The van der Waals surface area contributed by atoms with Gasteiger partial charge in [0.15, 0.2) is 0 Å². The normalized spacial score (nSPS) is 19.9. The monoisotopic (exact) mass is 280 g/mol. The zero-order chi connectivity index (χ0) is 12.6. The fraction of sp³-hybridized carbons (Fsp3) is 0.500. The van der Waals surface area contributed by atoms with E-state index in [1.165, 1.54) is 25.7 Å². The van der Waals surface area contributed by atoms with E-state index >= 15 is 0 Å². The SMILES string of the molecule is NC1(c2nc3ccc(Cl)cc3s2)CCCCCC1. The van der Waals surface area contributed by atoms with Gasteiger partial charge in [0.25, 0.3) is 0 Å². The van der Waals surface area contributed by atoms with Crippen LogP contribution in [0.25, 0.3) is 10.2 Å². The summed E-state index contributed by atoms with van der Waals surface area (Å²) in [6, 6.07) is 5.86. The first-order chi connectivity index (χ1) is 8.67. The molecule has 1 heterocycles. The van der Waals surface area contributed by atoms with Gasteiger partial charge in [-0.25, -0.2) is 4.98 Å². The lowest BCUT2D eigenvalue weighted by Crippen LogP contribution is -2.35. The molecular formula is C14H17ClN2S. The Morgan fingerprint density at radius 3 is 2.61 bits per heavy atom. The smallest absolute Gasteiger partial charge is 0.114 e. The van der Waals surface area contributed by atoms with Crippen molar-refractivity contribution in [3.8, 4) is 0 Å². The van der Waals surface area contributed by atoms with Crippen molar-refractivity contribution in [2.75, 3.05) is 0 Å². The van der Waals surface area contributed by atoms with Crippen molar-refractivity contribution in [2.24, 2.45) is 5.73 Å². The molecule has 0 radical (unpaired) electrons. The van der Waals surface area contributed by atoms with Gasteiger partial charge in [-0.05, 0) is 31.0 Å². The zero-order valence-electron chi connectivity index (χ0n) is 10.3. The molecule has 0 spiro atoms. The van der Waals surface area contributed by atoms with Crippen molar-refractivity contribution >= 4 is 33.2 Å². The third-order valence-corrected chi connectivity index (χ3v) is 5.25. The molecule has 0 unspecified atom stereocenters. The number of benzene rings is 1. The molecule has 1 aliphatic carbocycles. The van der Waals surface area contributed by atoms with Crippen LogP contribution in [-0.2, 0) is 5.54 Å². The largest absolute Gasteiger partial charge is 0.319 e. The average molecular weight is 281 g/mol. The summed E-state index contributed by atoms with van der Waals surface area (Å²) in [5, 5.41) is 1.85. The quantitative estimate of drug-likeness (QED) is 0.784. The van der Waals surface area contributed by atoms with Crippen LogP contribution in [0.2, 0.25) is 5.02 Å². The molecule has 1 aliphatic rings. The summed E-state index contributed by atoms with van der Waals surface area (Å²) in [6.07, 6.45) is 7.15. The molecule has 18 heavy (non-hydrogen) atoms. The van der Waals surface area contributed by atoms with E-state index in [1.54, 1.807) is 11.3 Å². The van der Waals surface area contributed by atoms with Crippen LogP contribution in [0.4, 0.5) is 0 Å². The molecule has 1 aromatic heterocycles. The number of nitrogens with zero attached hydrogens (tertiary/aromatic N) is 1. The van der Waals surface area contributed by atoms with Gasteiger partial charge in [0, 0.05) is 5.02 Å². The molecular weight excluding hydrogens is 264 g/mol. The average Bonchev–Trinajstić information content (AvgIpc) is 2.65. The molecule has 0 saturated heterocycles. The van der Waals surface area contributed by atoms with Crippen molar-refractivity contribution in [2.45, 2.75) is 44.1 Å². The molecule has 1 saturated carbocycles. The Labute approximate surface area is 116 Å². The van der Waals surface area contributed by atoms with Gasteiger partial charge in [-0.15, -0.1) is 11.3 Å². The van der Waals surface area contributed by atoms with E-state index < -0.39 is 0 Å². The molecule has 2 aromatic rings. The van der Waals surface area contributed by atoms with Crippen molar-refractivity contribution in [1.29, 1.82) is 0 Å². The Morgan fingerprint density at radius 1 is 1.17 bits per heavy atom. The van der Waals surface area contributed by atoms with Crippen molar-refractivity contribution in [3.63, 3.8) is 0 Å². The number of thiazole rings is 1. The van der Waals surface area contributed by atoms with Gasteiger partial charge in [0.2, 0.25) is 0 Å². The molecule has 0 aliphatic heterocycles. The number of rotatable bonds is 1. The van der Waals surface area contributed by atoms with Gasteiger partial charge in [-0.3, -0.25) is 0 Å². The highest BCUT2D eigenvalue weighted by Crippen LogP contribution is 2.38. The second kappa shape index (κ2) is 4.80. The zero-order valence-corrected chi connectivity index (χ0v) is 11.9. The second-order valence-electron chi connectivity index (χ2n) is 5.20. The van der Waals surface area contributed by atoms with E-state index in [0.29, 0.717) is 0 Å². The molecule has 2 N–H and O–H groups in total. The highest BCUT2D eigenvalue weighted by molar-refractivity contribution is 7.18. The van der Waals surface area contributed by atoms with Crippen molar-refractivity contribution < 1.29 is 0 Å². The first-order valence-corrected chi connectivity index (χ1v) is 7.72. The van der Waals surface area contributed by atoms with Gasteiger partial charge in [-0.1, -0.05) is 37.3 Å². The number of nitrogens with two attached hydrogens (primary N) is 1. The first kappa shape index (κ1) is 12.4. The molecule has 2 nitrogen and oxygen atoms in total. The Kier molecular flexibility index (Phi) is 3.31. The lowest BCUT2D eigenvalue weighted by atomic mass is 9.92. The van der Waals surface area contributed by atoms with E-state index in [9.17, 15) is 0 Å². The molecule has 4 heteroatoms. The van der Waals surface area contributed by atoms with Crippen LogP contribution < -0.4 is 5.73 Å². The minimum Gasteiger partial charge on any atom is -0.319 e. The Bertz CT molecular complexity index is 556. The third-order valence-electron chi connectivity index (χ3n) is 3.77. The summed E-state index contributed by atoms with van der Waals surface area (Å²) in [5.74, 6) is 0. The summed E-state index contributed by atoms with van der Waals surface area (Å²) < 4.78 is 1.14. The maximum atomic E-state index is 6.60. The van der Waals surface area contributed by atoms with Crippen LogP contribution in [0.5, 0.6) is 0 Å². The predicted octanol–water partition coefficient (Wildman–Crippen LogP) is 4.46. The van der Waals surface area contributed by atoms with Crippen LogP contribution in [0.1, 0.15) is 43.5 Å². The third kappa shape index (κ3) is 2.27. The fourth-order valence-electron chi connectivity index (χ4n) is 2.68. The lowest BCUT2D eigenvalue weighted by Gasteiger charge is -2.25. The molecule has 1 aromatic carbocycles. The van der Waals surface area contributed by atoms with Crippen LogP contribution in [-0.4, -0.2) is 4.98 Å². The maximum absolute atomic E-state index is 6.60. The Hall–Kier alpha value is -0.640. The molecule has 96 valence electrons. The number of halogens is 1. The van der Waals surface area contributed by atoms with Gasteiger partial charge < -0.3 is 5.73 Å². The number of hydrogen-bond acceptors (Lipinski definition) is 3. The first-order valence-electron chi connectivity index (χ1n) is 6.53. The number of aromatic nitrogens is 1. The number of hydrogen-bond donors (Lipinski definition) is 1. The number of fused-ring (bicyclic) bond motifs is 1. The predicted molar refractivity (Wildman–Crippen MR) is 78.2 cm³/mol. The van der Waals surface area contributed by atoms with Gasteiger partial charge in [0.1, 0.15) is 5.01 Å². The molecule has 0 atom stereocenters. The standard InChI is InChI=1S/C14H17ClN2S/c15-10-5-6-11-12(9-10)18-13(17-11)14(16)7-3-1-2-4-8-14/h5-6,9H,1-4,7-8,16H2. The van der Waals surface area contributed by atoms with Crippen LogP contribution >= 0.6 is 22.9 Å². The minimum atomic E-state index is -0.216. The molecule has 0 bridgehead atoms. The van der Waals surface area contributed by atoms with E-state index in [0.717, 1.165) is 33.1 Å². The second-order valence-corrected chi connectivity index (χ2v) is 6.67. The minimum absolute atomic E-state index is 0.216. The topological polar surface area (TPSA) is 38.9 Å². The summed E-state index contributed by atoms with van der Waals surface area (Å²) in [4.78, 5) is 4.73. The Balaban J connectivity index is 2.02. The van der Waals surface area contributed by atoms with Crippen LogP contribution in [0, 0.1) is 0 Å². The summed E-state index contributed by atoms with van der Waals surface area (Å²) in [5.41, 5.74) is 7.40. The van der Waals surface area contributed by atoms with Crippen LogP contribution in [0.3, 0.4) is 0 Å². The van der Waals surface area contributed by atoms with E-state index in [-0.39, 0.29) is 5.54 Å². The highest BCUT2D eigenvalue weighted by Gasteiger charge is 2.31. The summed E-state index contributed by atoms with van der Waals surface area (Å²) in [6.45, 7) is 0. The molecule has 0 amide bonds. The highest BCUT2D eigenvalue weighted by atomic mass is 35.5. The maximum Gasteiger partial charge on any atom is 0.114 e. The summed E-state index contributed by atoms with van der Waals surface area (Å²) in [7, 11) is 0. The molecule has 3 rings (SSSR count). The lowest BCUT2D eigenvalue weighted by molar-refractivity contribution is 0.384. The molecule has 1 fully saturated rings. The summed E-state index contributed by atoms with van der Waals surface area (Å²) >= 11 is 7.73. The van der Waals surface area contributed by atoms with Crippen molar-refractivity contribution in [3.05, 3.63) is 28.2 Å². The van der Waals surface area contributed by atoms with Gasteiger partial charge >= 0.3 is 0 Å². The van der Waals surface area contributed by atoms with Crippen LogP contribution in [0.15, 0.2) is 18.2 Å². The van der Waals surface area contributed by atoms with E-state index in [1.807, 2.05) is 18.2 Å².